The Morgan fingerprint density at radius 3 is 2.81 bits per heavy atom. The first-order valence-electron chi connectivity index (χ1n) is 8.70. The van der Waals surface area contributed by atoms with Gasteiger partial charge in [-0.2, -0.15) is 0 Å². The van der Waals surface area contributed by atoms with Crippen molar-refractivity contribution in [2.75, 3.05) is 18.5 Å². The van der Waals surface area contributed by atoms with Gasteiger partial charge in [-0.3, -0.25) is 0 Å². The lowest BCUT2D eigenvalue weighted by atomic mass is 10.1. The van der Waals surface area contributed by atoms with Crippen molar-refractivity contribution < 1.29 is 9.13 Å². The largest absolute Gasteiger partial charge is 0.376 e. The van der Waals surface area contributed by atoms with Gasteiger partial charge in [0.2, 0.25) is 0 Å². The molecule has 0 spiro atoms. The number of aryl methyl sites for hydroxylation is 1. The Morgan fingerprint density at radius 2 is 2.12 bits per heavy atom. The number of hydrogen-bond acceptors (Lipinski definition) is 2. The van der Waals surface area contributed by atoms with Crippen LogP contribution < -0.4 is 5.32 Å². The Morgan fingerprint density at radius 1 is 1.31 bits per heavy atom. The van der Waals surface area contributed by atoms with Gasteiger partial charge in [-0.15, -0.1) is 0 Å². The summed E-state index contributed by atoms with van der Waals surface area (Å²) in [5, 5.41) is 4.36. The molecule has 138 valence electrons. The summed E-state index contributed by atoms with van der Waals surface area (Å²) in [7, 11) is 0. The van der Waals surface area contributed by atoms with Gasteiger partial charge in [-0.1, -0.05) is 41.9 Å². The van der Waals surface area contributed by atoms with Gasteiger partial charge in [0.05, 0.1) is 16.8 Å². The summed E-state index contributed by atoms with van der Waals surface area (Å²) < 4.78 is 19.9. The van der Waals surface area contributed by atoms with Crippen molar-refractivity contribution in [2.24, 2.45) is 0 Å². The zero-order chi connectivity index (χ0) is 18.5. The van der Waals surface area contributed by atoms with Crippen molar-refractivity contribution in [3.63, 3.8) is 0 Å². The van der Waals surface area contributed by atoms with Crippen LogP contribution in [0.15, 0.2) is 42.5 Å². The minimum Gasteiger partial charge on any atom is -0.376 e. The summed E-state index contributed by atoms with van der Waals surface area (Å²) in [6.45, 7) is 3.73. The van der Waals surface area contributed by atoms with Crippen LogP contribution >= 0.6 is 23.8 Å². The average Bonchev–Trinajstić information content (AvgIpc) is 3.12. The van der Waals surface area contributed by atoms with E-state index in [1.54, 1.807) is 12.1 Å². The molecule has 6 heteroatoms. The molecule has 0 amide bonds. The molecular weight excluding hydrogens is 371 g/mol. The third-order valence-electron chi connectivity index (χ3n) is 4.51. The highest BCUT2D eigenvalue weighted by atomic mass is 35.5. The summed E-state index contributed by atoms with van der Waals surface area (Å²) in [4.78, 5) is 1.95. The van der Waals surface area contributed by atoms with E-state index in [4.69, 9.17) is 28.6 Å². The molecule has 1 heterocycles. The van der Waals surface area contributed by atoms with Gasteiger partial charge in [0.1, 0.15) is 5.82 Å². The maximum Gasteiger partial charge on any atom is 0.173 e. The fourth-order valence-electron chi connectivity index (χ4n) is 3.06. The van der Waals surface area contributed by atoms with Gasteiger partial charge in [0.15, 0.2) is 5.11 Å². The lowest BCUT2D eigenvalue weighted by Crippen LogP contribution is -2.39. The molecule has 1 atom stereocenters. The first kappa shape index (κ1) is 19.1. The summed E-state index contributed by atoms with van der Waals surface area (Å²) in [6, 6.07) is 12.5. The number of benzene rings is 2. The summed E-state index contributed by atoms with van der Waals surface area (Å²) in [5.41, 5.74) is 2.39. The van der Waals surface area contributed by atoms with E-state index in [-0.39, 0.29) is 11.9 Å². The number of para-hydroxylation sites is 1. The lowest BCUT2D eigenvalue weighted by Gasteiger charge is -2.29. The Bertz CT molecular complexity index is 760. The summed E-state index contributed by atoms with van der Waals surface area (Å²) in [6.07, 6.45) is 2.14. The third-order valence-corrected chi connectivity index (χ3v) is 5.18. The second kappa shape index (κ2) is 8.80. The highest BCUT2D eigenvalue weighted by Gasteiger charge is 2.22. The van der Waals surface area contributed by atoms with Crippen LogP contribution in [0.2, 0.25) is 5.02 Å². The molecule has 0 aliphatic carbocycles. The fourth-order valence-corrected chi connectivity index (χ4v) is 3.57. The molecule has 1 saturated heterocycles. The van der Waals surface area contributed by atoms with Crippen molar-refractivity contribution in [2.45, 2.75) is 32.4 Å². The van der Waals surface area contributed by atoms with Crippen LogP contribution in [-0.2, 0) is 11.3 Å². The van der Waals surface area contributed by atoms with Crippen molar-refractivity contribution in [1.82, 2.24) is 4.90 Å². The van der Waals surface area contributed by atoms with Crippen LogP contribution in [0.5, 0.6) is 0 Å². The standard InChI is InChI=1S/C20H22ClFN2OS/c1-14-6-4-9-17(21)19(14)23-20(26)24(13-16-8-5-11-25-16)12-15-7-2-3-10-18(15)22/h2-4,6-7,9-10,16H,5,8,11-13H2,1H3,(H,23,26)/t16-/m0/s1. The van der Waals surface area contributed by atoms with E-state index in [1.165, 1.54) is 6.07 Å². The Kier molecular flexibility index (Phi) is 6.46. The molecular formula is C20H22ClFN2OS. The maximum absolute atomic E-state index is 14.1. The quantitative estimate of drug-likeness (QED) is 0.710. The molecule has 0 aromatic heterocycles. The average molecular weight is 393 g/mol. The van der Waals surface area contributed by atoms with Gasteiger partial charge >= 0.3 is 0 Å². The molecule has 0 unspecified atom stereocenters. The normalized spacial score (nSPS) is 16.5. The number of nitrogens with zero attached hydrogens (tertiary/aromatic N) is 1. The van der Waals surface area contributed by atoms with Gasteiger partial charge in [0, 0.05) is 25.3 Å². The first-order chi connectivity index (χ1) is 12.5. The number of nitrogens with one attached hydrogen (secondary N) is 1. The predicted octanol–water partition coefficient (Wildman–Crippen LogP) is 5.17. The van der Waals surface area contributed by atoms with E-state index < -0.39 is 0 Å². The van der Waals surface area contributed by atoms with E-state index in [2.05, 4.69) is 5.32 Å². The van der Waals surface area contributed by atoms with Crippen LogP contribution in [0, 0.1) is 12.7 Å². The van der Waals surface area contributed by atoms with E-state index in [1.807, 2.05) is 36.1 Å². The van der Waals surface area contributed by atoms with Crippen LogP contribution in [-0.4, -0.2) is 29.3 Å². The van der Waals surface area contributed by atoms with Gasteiger partial charge in [-0.05, 0) is 49.7 Å². The van der Waals surface area contributed by atoms with Gasteiger partial charge in [0.25, 0.3) is 0 Å². The third kappa shape index (κ3) is 4.72. The highest BCUT2D eigenvalue weighted by molar-refractivity contribution is 7.80. The van der Waals surface area contributed by atoms with Crippen molar-refractivity contribution >= 4 is 34.6 Å². The van der Waals surface area contributed by atoms with Gasteiger partial charge < -0.3 is 15.0 Å². The van der Waals surface area contributed by atoms with Crippen molar-refractivity contribution in [3.8, 4) is 0 Å². The van der Waals surface area contributed by atoms with Crippen LogP contribution in [0.25, 0.3) is 0 Å². The predicted molar refractivity (Wildman–Crippen MR) is 108 cm³/mol. The molecule has 2 aromatic rings. The van der Waals surface area contributed by atoms with E-state index in [0.29, 0.717) is 28.8 Å². The molecule has 26 heavy (non-hydrogen) atoms. The Labute approximate surface area is 164 Å². The second-order valence-electron chi connectivity index (χ2n) is 6.47. The SMILES string of the molecule is Cc1cccc(Cl)c1NC(=S)N(Cc1ccccc1F)C[C@@H]1CCCO1. The minimum atomic E-state index is -0.235. The summed E-state index contributed by atoms with van der Waals surface area (Å²) >= 11 is 11.9. The fraction of sp³-hybridized carbons (Fsp3) is 0.350. The Hall–Kier alpha value is -1.69. The number of rotatable bonds is 5. The molecule has 3 nitrogen and oxygen atoms in total. The molecule has 1 fully saturated rings. The van der Waals surface area contributed by atoms with Crippen molar-refractivity contribution in [1.29, 1.82) is 0 Å². The van der Waals surface area contributed by atoms with E-state index >= 15 is 0 Å². The van der Waals surface area contributed by atoms with Gasteiger partial charge in [-0.25, -0.2) is 4.39 Å². The number of halogens is 2. The molecule has 0 saturated carbocycles. The number of anilines is 1. The molecule has 3 rings (SSSR count). The lowest BCUT2D eigenvalue weighted by molar-refractivity contribution is 0.0903. The number of thiocarbonyl (C=S) groups is 1. The second-order valence-corrected chi connectivity index (χ2v) is 7.26. The number of hydrogen-bond donors (Lipinski definition) is 1. The van der Waals surface area contributed by atoms with Crippen molar-refractivity contribution in [3.05, 3.63) is 64.4 Å². The van der Waals surface area contributed by atoms with E-state index in [9.17, 15) is 4.39 Å². The molecule has 1 aliphatic heterocycles. The molecule has 1 aliphatic rings. The highest BCUT2D eigenvalue weighted by Crippen LogP contribution is 2.26. The molecule has 1 N–H and O–H groups in total. The van der Waals surface area contributed by atoms with Crippen LogP contribution in [0.4, 0.5) is 10.1 Å². The number of ether oxygens (including phenoxy) is 1. The zero-order valence-electron chi connectivity index (χ0n) is 14.7. The first-order valence-corrected chi connectivity index (χ1v) is 9.49. The summed E-state index contributed by atoms with van der Waals surface area (Å²) in [5.74, 6) is -0.235. The zero-order valence-corrected chi connectivity index (χ0v) is 16.2. The Balaban J connectivity index is 1.79. The van der Waals surface area contributed by atoms with Crippen LogP contribution in [0.3, 0.4) is 0 Å². The molecule has 2 aromatic carbocycles. The van der Waals surface area contributed by atoms with Crippen LogP contribution in [0.1, 0.15) is 24.0 Å². The topological polar surface area (TPSA) is 24.5 Å². The minimum absolute atomic E-state index is 0.105. The smallest absolute Gasteiger partial charge is 0.173 e. The van der Waals surface area contributed by atoms with E-state index in [0.717, 1.165) is 30.7 Å². The maximum atomic E-state index is 14.1. The monoisotopic (exact) mass is 392 g/mol. The molecule has 0 radical (unpaired) electrons. The molecule has 0 bridgehead atoms.